The van der Waals surface area contributed by atoms with Crippen LogP contribution in [0.4, 0.5) is 5.69 Å². The second-order valence-corrected chi connectivity index (χ2v) is 6.61. The molecule has 0 spiro atoms. The molecule has 7 nitrogen and oxygen atoms in total. The summed E-state index contributed by atoms with van der Waals surface area (Å²) in [7, 11) is 0. The number of nitrogens with zero attached hydrogens (tertiary/aromatic N) is 2. The lowest BCUT2D eigenvalue weighted by molar-refractivity contribution is -0.119. The predicted molar refractivity (Wildman–Crippen MR) is 106 cm³/mol. The van der Waals surface area contributed by atoms with Crippen LogP contribution in [-0.2, 0) is 9.53 Å². The lowest BCUT2D eigenvalue weighted by Crippen LogP contribution is -2.21. The number of ether oxygens (including phenoxy) is 2. The van der Waals surface area contributed by atoms with Crippen LogP contribution in [0.5, 0.6) is 11.6 Å². The van der Waals surface area contributed by atoms with Gasteiger partial charge in [-0.15, -0.1) is 0 Å². The molecule has 0 radical (unpaired) electrons. The largest absolute Gasteiger partial charge is 0.452 e. The van der Waals surface area contributed by atoms with Crippen LogP contribution in [0.15, 0.2) is 65.5 Å². The minimum absolute atomic E-state index is 0.0715. The van der Waals surface area contributed by atoms with E-state index < -0.39 is 18.5 Å². The molecule has 0 aliphatic heterocycles. The van der Waals surface area contributed by atoms with Crippen molar-refractivity contribution in [2.24, 2.45) is 0 Å². The predicted octanol–water partition coefficient (Wildman–Crippen LogP) is 4.14. The Hall–Kier alpha value is -3.26. The lowest BCUT2D eigenvalue weighted by Gasteiger charge is -2.10. The Morgan fingerprint density at radius 1 is 1.14 bits per heavy atom. The van der Waals surface area contributed by atoms with Gasteiger partial charge in [-0.05, 0) is 64.8 Å². The Morgan fingerprint density at radius 3 is 2.71 bits per heavy atom. The minimum atomic E-state index is -0.717. The van der Waals surface area contributed by atoms with Crippen molar-refractivity contribution in [3.8, 4) is 11.6 Å². The molecule has 8 heteroatoms. The number of benzene rings is 1. The summed E-state index contributed by atoms with van der Waals surface area (Å²) in [6.45, 7) is 1.50. The molecule has 3 rings (SSSR count). The second kappa shape index (κ2) is 9.09. The SMILES string of the molecule is Cc1ccc(NC(=O)COC(=O)c2cccnc2Oc2cccnc2)c(Br)c1. The molecule has 0 atom stereocenters. The normalized spacial score (nSPS) is 10.2. The van der Waals surface area contributed by atoms with E-state index in [0.29, 0.717) is 11.4 Å². The molecule has 2 aromatic heterocycles. The highest BCUT2D eigenvalue weighted by molar-refractivity contribution is 9.10. The standard InChI is InChI=1S/C20H16BrN3O4/c1-13-6-7-17(16(21)10-13)24-18(25)12-27-20(26)15-5-3-9-23-19(15)28-14-4-2-8-22-11-14/h2-11H,12H2,1H3,(H,24,25). The van der Waals surface area contributed by atoms with Crippen LogP contribution in [0.2, 0.25) is 0 Å². The first kappa shape index (κ1) is 19.5. The Kier molecular flexibility index (Phi) is 6.33. The molecule has 0 unspecified atom stereocenters. The number of aromatic nitrogens is 2. The summed E-state index contributed by atoms with van der Waals surface area (Å²) in [4.78, 5) is 32.5. The first-order chi connectivity index (χ1) is 13.5. The summed E-state index contributed by atoms with van der Waals surface area (Å²) in [6, 6.07) is 12.0. The third kappa shape index (κ3) is 5.14. The van der Waals surface area contributed by atoms with Crippen molar-refractivity contribution in [3.05, 3.63) is 76.7 Å². The molecule has 1 amide bonds. The minimum Gasteiger partial charge on any atom is -0.452 e. The van der Waals surface area contributed by atoms with Crippen molar-refractivity contribution >= 4 is 33.5 Å². The van der Waals surface area contributed by atoms with Crippen molar-refractivity contribution in [1.82, 2.24) is 9.97 Å². The molecule has 1 aromatic carbocycles. The number of carbonyl (C=O) groups excluding carboxylic acids is 2. The molecule has 0 bridgehead atoms. The number of nitrogens with one attached hydrogen (secondary N) is 1. The van der Waals surface area contributed by atoms with Gasteiger partial charge in [-0.1, -0.05) is 6.07 Å². The highest BCUT2D eigenvalue weighted by Gasteiger charge is 2.17. The number of hydrogen-bond acceptors (Lipinski definition) is 6. The average Bonchev–Trinajstić information content (AvgIpc) is 2.69. The zero-order valence-corrected chi connectivity index (χ0v) is 16.5. The summed E-state index contributed by atoms with van der Waals surface area (Å²) in [5.41, 5.74) is 1.75. The van der Waals surface area contributed by atoms with Crippen LogP contribution >= 0.6 is 15.9 Å². The topological polar surface area (TPSA) is 90.4 Å². The monoisotopic (exact) mass is 441 g/mol. The van der Waals surface area contributed by atoms with E-state index in [-0.39, 0.29) is 11.4 Å². The van der Waals surface area contributed by atoms with Gasteiger partial charge in [-0.2, -0.15) is 0 Å². The molecular formula is C20H16BrN3O4. The van der Waals surface area contributed by atoms with Gasteiger partial charge >= 0.3 is 5.97 Å². The van der Waals surface area contributed by atoms with Crippen LogP contribution in [0.1, 0.15) is 15.9 Å². The molecule has 1 N–H and O–H groups in total. The van der Waals surface area contributed by atoms with Gasteiger partial charge in [0.1, 0.15) is 11.3 Å². The quantitative estimate of drug-likeness (QED) is 0.578. The van der Waals surface area contributed by atoms with E-state index >= 15 is 0 Å². The van der Waals surface area contributed by atoms with E-state index in [1.807, 2.05) is 19.1 Å². The van der Waals surface area contributed by atoms with E-state index in [1.54, 1.807) is 30.5 Å². The fourth-order valence-corrected chi connectivity index (χ4v) is 2.86. The average molecular weight is 442 g/mol. The number of hydrogen-bond donors (Lipinski definition) is 1. The number of halogens is 1. The zero-order valence-electron chi connectivity index (χ0n) is 14.9. The lowest BCUT2D eigenvalue weighted by atomic mass is 10.2. The second-order valence-electron chi connectivity index (χ2n) is 5.75. The molecule has 0 saturated carbocycles. The van der Waals surface area contributed by atoms with Gasteiger partial charge in [0.15, 0.2) is 6.61 Å². The fourth-order valence-electron chi connectivity index (χ4n) is 2.26. The molecule has 0 fully saturated rings. The molecule has 0 saturated heterocycles. The Labute approximate surface area is 169 Å². The van der Waals surface area contributed by atoms with E-state index in [1.165, 1.54) is 18.5 Å². The summed E-state index contributed by atoms with van der Waals surface area (Å²) >= 11 is 3.38. The van der Waals surface area contributed by atoms with Gasteiger partial charge in [0.2, 0.25) is 5.88 Å². The third-order valence-corrected chi connectivity index (χ3v) is 4.23. The number of pyridine rings is 2. The van der Waals surface area contributed by atoms with Gasteiger partial charge in [0, 0.05) is 16.9 Å². The molecule has 2 heterocycles. The molecule has 0 aliphatic rings. The van der Waals surface area contributed by atoms with Crippen molar-refractivity contribution in [1.29, 1.82) is 0 Å². The van der Waals surface area contributed by atoms with E-state index in [2.05, 4.69) is 31.2 Å². The maximum atomic E-state index is 12.4. The van der Waals surface area contributed by atoms with Crippen molar-refractivity contribution in [2.75, 3.05) is 11.9 Å². The van der Waals surface area contributed by atoms with Crippen LogP contribution in [0.3, 0.4) is 0 Å². The third-order valence-electron chi connectivity index (χ3n) is 3.57. The summed E-state index contributed by atoms with van der Waals surface area (Å²) in [5.74, 6) is -0.680. The highest BCUT2D eigenvalue weighted by atomic mass is 79.9. The van der Waals surface area contributed by atoms with Gasteiger partial charge in [0.25, 0.3) is 5.91 Å². The molecule has 28 heavy (non-hydrogen) atoms. The smallest absolute Gasteiger partial charge is 0.344 e. The molecule has 142 valence electrons. The van der Waals surface area contributed by atoms with Crippen molar-refractivity contribution in [3.63, 3.8) is 0 Å². The number of anilines is 1. The zero-order chi connectivity index (χ0) is 19.9. The number of carbonyl (C=O) groups is 2. The summed E-state index contributed by atoms with van der Waals surface area (Å²) in [5, 5.41) is 2.68. The van der Waals surface area contributed by atoms with E-state index in [9.17, 15) is 9.59 Å². The van der Waals surface area contributed by atoms with Crippen molar-refractivity contribution in [2.45, 2.75) is 6.92 Å². The van der Waals surface area contributed by atoms with Crippen LogP contribution in [0, 0.1) is 6.92 Å². The van der Waals surface area contributed by atoms with Gasteiger partial charge in [0.05, 0.1) is 11.9 Å². The molecular weight excluding hydrogens is 426 g/mol. The van der Waals surface area contributed by atoms with Crippen LogP contribution in [0.25, 0.3) is 0 Å². The molecule has 0 aliphatic carbocycles. The first-order valence-corrected chi connectivity index (χ1v) is 9.08. The Balaban J connectivity index is 1.62. The van der Waals surface area contributed by atoms with Gasteiger partial charge in [-0.3, -0.25) is 9.78 Å². The highest BCUT2D eigenvalue weighted by Crippen LogP contribution is 2.24. The molecule has 3 aromatic rings. The van der Waals surface area contributed by atoms with Crippen molar-refractivity contribution < 1.29 is 19.1 Å². The van der Waals surface area contributed by atoms with E-state index in [0.717, 1.165) is 10.0 Å². The summed E-state index contributed by atoms with van der Waals surface area (Å²) < 4.78 is 11.4. The number of rotatable bonds is 6. The maximum absolute atomic E-state index is 12.4. The van der Waals surface area contributed by atoms with Crippen LogP contribution < -0.4 is 10.1 Å². The Bertz CT molecular complexity index is 996. The fraction of sp³-hybridized carbons (Fsp3) is 0.100. The van der Waals surface area contributed by atoms with Gasteiger partial charge in [-0.25, -0.2) is 9.78 Å². The first-order valence-electron chi connectivity index (χ1n) is 8.29. The van der Waals surface area contributed by atoms with Gasteiger partial charge < -0.3 is 14.8 Å². The van der Waals surface area contributed by atoms with E-state index in [4.69, 9.17) is 9.47 Å². The number of aryl methyl sites for hydroxylation is 1. The summed E-state index contributed by atoms with van der Waals surface area (Å²) in [6.07, 6.45) is 4.59. The Morgan fingerprint density at radius 2 is 1.96 bits per heavy atom. The van der Waals surface area contributed by atoms with Crippen LogP contribution in [-0.4, -0.2) is 28.5 Å². The number of esters is 1. The maximum Gasteiger partial charge on any atom is 0.344 e. The number of amides is 1.